The summed E-state index contributed by atoms with van der Waals surface area (Å²) in [6, 6.07) is 0. The maximum atomic E-state index is 3.84. The molecule has 0 heterocycles. The summed E-state index contributed by atoms with van der Waals surface area (Å²) in [6.45, 7) is 15.6. The maximum Gasteiger partial charge on any atom is -0.0190 e. The summed E-state index contributed by atoms with van der Waals surface area (Å²) in [7, 11) is 0. The largest absolute Gasteiger partial charge is 0.0991 e. The fourth-order valence-electron chi connectivity index (χ4n) is 1.45. The zero-order valence-electron chi connectivity index (χ0n) is 10.5. The molecule has 0 amide bonds. The van der Waals surface area contributed by atoms with E-state index in [0.29, 0.717) is 0 Å². The first-order chi connectivity index (χ1) is 7.69. The molecule has 0 aliphatic carbocycles. The Morgan fingerprint density at radius 3 is 2.12 bits per heavy atom. The van der Waals surface area contributed by atoms with Crippen LogP contribution in [0.25, 0.3) is 0 Å². The minimum Gasteiger partial charge on any atom is -0.0991 e. The molecule has 0 unspecified atom stereocenters. The average molecular weight is 214 g/mol. The summed E-state index contributed by atoms with van der Waals surface area (Å²) in [5.41, 5.74) is 3.55. The van der Waals surface area contributed by atoms with Gasteiger partial charge in [0.1, 0.15) is 0 Å². The van der Waals surface area contributed by atoms with Crippen molar-refractivity contribution in [2.45, 2.75) is 26.7 Å². The zero-order valence-corrected chi connectivity index (χ0v) is 10.5. The maximum absolute atomic E-state index is 3.84. The number of hydrogen-bond donors (Lipinski definition) is 0. The van der Waals surface area contributed by atoms with Crippen LogP contribution < -0.4 is 0 Å². The third-order valence-corrected chi connectivity index (χ3v) is 2.23. The van der Waals surface area contributed by atoms with E-state index >= 15 is 0 Å². The van der Waals surface area contributed by atoms with Crippen molar-refractivity contribution in [2.24, 2.45) is 0 Å². The van der Waals surface area contributed by atoms with Crippen molar-refractivity contribution in [2.75, 3.05) is 0 Å². The minimum absolute atomic E-state index is 1.07. The zero-order chi connectivity index (χ0) is 12.4. The molecule has 0 radical (unpaired) electrons. The van der Waals surface area contributed by atoms with Crippen LogP contribution in [-0.4, -0.2) is 0 Å². The molecule has 0 heteroatoms. The van der Waals surface area contributed by atoms with Crippen molar-refractivity contribution < 1.29 is 0 Å². The standard InChI is InChI=1S/C16H22/c1-6-10-12-15(8-3)16(9-4)13-14(5)11-7-2/h6,8-10,12-13H,1,3-4,7,11H2,2,5H3/b12-10+,14-13+,16-15-. The van der Waals surface area contributed by atoms with Gasteiger partial charge in [0.15, 0.2) is 0 Å². The molecule has 0 rings (SSSR count). The summed E-state index contributed by atoms with van der Waals surface area (Å²) >= 11 is 0. The van der Waals surface area contributed by atoms with Crippen LogP contribution in [0.3, 0.4) is 0 Å². The first-order valence-corrected chi connectivity index (χ1v) is 5.65. The van der Waals surface area contributed by atoms with Crippen molar-refractivity contribution in [1.82, 2.24) is 0 Å². The van der Waals surface area contributed by atoms with Gasteiger partial charge in [-0.3, -0.25) is 0 Å². The Kier molecular flexibility index (Phi) is 7.87. The summed E-state index contributed by atoms with van der Waals surface area (Å²) in [5.74, 6) is 0. The van der Waals surface area contributed by atoms with Gasteiger partial charge in [-0.15, -0.1) is 0 Å². The Hall–Kier alpha value is -1.56. The molecular formula is C16H22. The van der Waals surface area contributed by atoms with Gasteiger partial charge in [0.2, 0.25) is 0 Å². The molecule has 0 saturated heterocycles. The van der Waals surface area contributed by atoms with Crippen LogP contribution in [0.1, 0.15) is 26.7 Å². The minimum atomic E-state index is 1.07. The Bertz CT molecular complexity index is 335. The topological polar surface area (TPSA) is 0 Å². The van der Waals surface area contributed by atoms with E-state index in [9.17, 15) is 0 Å². The van der Waals surface area contributed by atoms with E-state index in [0.717, 1.165) is 17.6 Å². The molecule has 0 N–H and O–H groups in total. The van der Waals surface area contributed by atoms with E-state index < -0.39 is 0 Å². The normalized spacial score (nSPS) is 13.5. The van der Waals surface area contributed by atoms with Crippen molar-refractivity contribution >= 4 is 0 Å². The van der Waals surface area contributed by atoms with Gasteiger partial charge in [0, 0.05) is 0 Å². The van der Waals surface area contributed by atoms with Crippen molar-refractivity contribution in [3.05, 3.63) is 72.9 Å². The van der Waals surface area contributed by atoms with Gasteiger partial charge in [0.25, 0.3) is 0 Å². The van der Waals surface area contributed by atoms with Gasteiger partial charge >= 0.3 is 0 Å². The monoisotopic (exact) mass is 214 g/mol. The highest BCUT2D eigenvalue weighted by Gasteiger charge is 1.95. The SMILES string of the molecule is C=C/C=C/C(C=C)=C(C=C)\C=C(/C)CCC. The molecule has 0 aliphatic heterocycles. The smallest absolute Gasteiger partial charge is 0.0190 e. The van der Waals surface area contributed by atoms with Crippen LogP contribution in [0, 0.1) is 0 Å². The second-order valence-corrected chi connectivity index (χ2v) is 3.65. The number of hydrogen-bond acceptors (Lipinski definition) is 0. The quantitative estimate of drug-likeness (QED) is 0.514. The third-order valence-electron chi connectivity index (χ3n) is 2.23. The molecular weight excluding hydrogens is 192 g/mol. The Morgan fingerprint density at radius 1 is 1.06 bits per heavy atom. The summed E-state index contributed by atoms with van der Waals surface area (Å²) in [5, 5.41) is 0. The number of rotatable bonds is 7. The molecule has 16 heavy (non-hydrogen) atoms. The van der Waals surface area contributed by atoms with Gasteiger partial charge in [-0.25, -0.2) is 0 Å². The highest BCUT2D eigenvalue weighted by Crippen LogP contribution is 2.15. The Balaban J connectivity index is 5.18. The van der Waals surface area contributed by atoms with E-state index in [1.165, 1.54) is 12.0 Å². The van der Waals surface area contributed by atoms with E-state index in [4.69, 9.17) is 0 Å². The summed E-state index contributed by atoms with van der Waals surface area (Å²) < 4.78 is 0. The Morgan fingerprint density at radius 2 is 1.69 bits per heavy atom. The molecule has 0 nitrogen and oxygen atoms in total. The molecule has 86 valence electrons. The van der Waals surface area contributed by atoms with Gasteiger partial charge < -0.3 is 0 Å². The lowest BCUT2D eigenvalue weighted by atomic mass is 10.0. The number of allylic oxidation sites excluding steroid dienone is 9. The van der Waals surface area contributed by atoms with Crippen LogP contribution >= 0.6 is 0 Å². The van der Waals surface area contributed by atoms with E-state index in [2.05, 4.69) is 39.7 Å². The lowest BCUT2D eigenvalue weighted by Crippen LogP contribution is -1.83. The van der Waals surface area contributed by atoms with Crippen molar-refractivity contribution in [1.29, 1.82) is 0 Å². The van der Waals surface area contributed by atoms with E-state index in [-0.39, 0.29) is 0 Å². The molecule has 0 aliphatic rings. The summed E-state index contributed by atoms with van der Waals surface area (Å²) in [4.78, 5) is 0. The molecule has 0 bridgehead atoms. The predicted octanol–water partition coefficient (Wildman–Crippen LogP) is 5.14. The second-order valence-electron chi connectivity index (χ2n) is 3.65. The van der Waals surface area contributed by atoms with Gasteiger partial charge in [-0.2, -0.15) is 0 Å². The average Bonchev–Trinajstić information content (AvgIpc) is 2.28. The van der Waals surface area contributed by atoms with E-state index in [1.807, 2.05) is 24.3 Å². The highest BCUT2D eigenvalue weighted by atomic mass is 14.0. The predicted molar refractivity (Wildman–Crippen MR) is 75.4 cm³/mol. The molecule has 0 atom stereocenters. The molecule has 0 aromatic rings. The van der Waals surface area contributed by atoms with Gasteiger partial charge in [-0.05, 0) is 24.5 Å². The fraction of sp³-hybridized carbons (Fsp3) is 0.250. The van der Waals surface area contributed by atoms with Crippen molar-refractivity contribution in [3.8, 4) is 0 Å². The first-order valence-electron chi connectivity index (χ1n) is 5.65. The summed E-state index contributed by atoms with van der Waals surface area (Å²) in [6.07, 6.45) is 13.8. The lowest BCUT2D eigenvalue weighted by molar-refractivity contribution is 0.904. The van der Waals surface area contributed by atoms with Gasteiger partial charge in [-0.1, -0.05) is 75.1 Å². The molecule has 0 fully saturated rings. The van der Waals surface area contributed by atoms with Gasteiger partial charge in [0.05, 0.1) is 0 Å². The van der Waals surface area contributed by atoms with Crippen LogP contribution in [-0.2, 0) is 0 Å². The lowest BCUT2D eigenvalue weighted by Gasteiger charge is -2.03. The second kappa shape index (κ2) is 8.72. The first kappa shape index (κ1) is 14.4. The van der Waals surface area contributed by atoms with Crippen LogP contribution in [0.4, 0.5) is 0 Å². The third kappa shape index (κ3) is 5.35. The molecule has 0 saturated carbocycles. The van der Waals surface area contributed by atoms with Crippen LogP contribution in [0.5, 0.6) is 0 Å². The fourth-order valence-corrected chi connectivity index (χ4v) is 1.45. The van der Waals surface area contributed by atoms with Crippen molar-refractivity contribution in [3.63, 3.8) is 0 Å². The van der Waals surface area contributed by atoms with Crippen LogP contribution in [0.15, 0.2) is 72.9 Å². The highest BCUT2D eigenvalue weighted by molar-refractivity contribution is 5.46. The van der Waals surface area contributed by atoms with Crippen LogP contribution in [0.2, 0.25) is 0 Å². The molecule has 0 aromatic carbocycles. The van der Waals surface area contributed by atoms with E-state index in [1.54, 1.807) is 6.08 Å². The molecule has 0 spiro atoms. The molecule has 0 aromatic heterocycles. The Labute approximate surface area is 100 Å².